The van der Waals surface area contributed by atoms with E-state index in [1.54, 1.807) is 23.1 Å². The van der Waals surface area contributed by atoms with Gasteiger partial charge in [-0.1, -0.05) is 36.7 Å². The van der Waals surface area contributed by atoms with Gasteiger partial charge in [-0.2, -0.15) is 0 Å². The fourth-order valence-electron chi connectivity index (χ4n) is 5.62. The zero-order valence-electron chi connectivity index (χ0n) is 19.6. The number of carbonyl (C=O) groups excluding carboxylic acids is 3. The predicted molar refractivity (Wildman–Crippen MR) is 131 cm³/mol. The number of aryl methyl sites for hydroxylation is 2. The van der Waals surface area contributed by atoms with Crippen LogP contribution in [0.5, 0.6) is 5.75 Å². The Bertz CT molecular complexity index is 1170. The van der Waals surface area contributed by atoms with Gasteiger partial charge in [0.15, 0.2) is 5.78 Å². The average molecular weight is 481 g/mol. The van der Waals surface area contributed by atoms with Crippen molar-refractivity contribution < 1.29 is 19.1 Å². The first kappa shape index (κ1) is 22.9. The van der Waals surface area contributed by atoms with Gasteiger partial charge in [0.1, 0.15) is 11.4 Å². The highest BCUT2D eigenvalue weighted by atomic mass is 35.5. The normalized spacial score (nSPS) is 21.6. The number of piperidine rings is 1. The Hall–Kier alpha value is -2.86. The van der Waals surface area contributed by atoms with Gasteiger partial charge in [0, 0.05) is 49.6 Å². The number of anilines is 1. The van der Waals surface area contributed by atoms with Crippen molar-refractivity contribution in [3.8, 4) is 5.75 Å². The van der Waals surface area contributed by atoms with Crippen molar-refractivity contribution in [2.45, 2.75) is 51.6 Å². The van der Waals surface area contributed by atoms with E-state index >= 15 is 0 Å². The third kappa shape index (κ3) is 3.98. The maximum absolute atomic E-state index is 13.4. The van der Waals surface area contributed by atoms with Gasteiger partial charge in [-0.3, -0.25) is 14.4 Å². The topological polar surface area (TPSA) is 66.9 Å². The van der Waals surface area contributed by atoms with Crippen molar-refractivity contribution in [2.75, 3.05) is 24.5 Å². The summed E-state index contributed by atoms with van der Waals surface area (Å²) in [5.74, 6) is 0.287. The molecule has 34 heavy (non-hydrogen) atoms. The summed E-state index contributed by atoms with van der Waals surface area (Å²) in [4.78, 5) is 42.7. The molecular weight excluding hydrogens is 452 g/mol. The summed E-state index contributed by atoms with van der Waals surface area (Å²) in [6.45, 7) is 5.55. The number of Topliss-reactive ketones (excluding diaryl/α,β-unsaturated/α-hetero) is 1. The molecule has 0 radical (unpaired) electrons. The Labute approximate surface area is 204 Å². The van der Waals surface area contributed by atoms with Crippen molar-refractivity contribution in [1.29, 1.82) is 0 Å². The first-order valence-corrected chi connectivity index (χ1v) is 12.4. The predicted octanol–water partition coefficient (Wildman–Crippen LogP) is 4.59. The van der Waals surface area contributed by atoms with Gasteiger partial charge in [0.2, 0.25) is 11.8 Å². The van der Waals surface area contributed by atoms with Crippen molar-refractivity contribution >= 4 is 34.9 Å². The minimum atomic E-state index is -0.580. The monoisotopic (exact) mass is 480 g/mol. The Balaban J connectivity index is 1.26. The Kier molecular flexibility index (Phi) is 5.88. The molecule has 1 unspecified atom stereocenters. The van der Waals surface area contributed by atoms with E-state index in [1.807, 2.05) is 30.0 Å². The van der Waals surface area contributed by atoms with Crippen LogP contribution in [0.4, 0.5) is 5.69 Å². The molecule has 2 fully saturated rings. The Morgan fingerprint density at radius 1 is 1.18 bits per heavy atom. The quantitative estimate of drug-likeness (QED) is 0.644. The molecular formula is C27H29ClN2O4. The number of ether oxygens (including phenoxy) is 1. The van der Waals surface area contributed by atoms with E-state index in [0.717, 1.165) is 23.2 Å². The van der Waals surface area contributed by atoms with Gasteiger partial charge in [0.05, 0.1) is 17.9 Å². The summed E-state index contributed by atoms with van der Waals surface area (Å²) < 4.78 is 6.29. The highest BCUT2D eigenvalue weighted by Gasteiger charge is 2.45. The van der Waals surface area contributed by atoms with Gasteiger partial charge < -0.3 is 14.5 Å². The largest absolute Gasteiger partial charge is 0.486 e. The molecule has 0 bridgehead atoms. The zero-order chi connectivity index (χ0) is 24.0. The lowest BCUT2D eigenvalue weighted by Crippen LogP contribution is -2.53. The minimum absolute atomic E-state index is 0.00677. The van der Waals surface area contributed by atoms with Crippen LogP contribution in [-0.2, 0) is 16.0 Å². The average Bonchev–Trinajstić information content (AvgIpc) is 3.20. The third-order valence-corrected chi connectivity index (χ3v) is 7.72. The molecule has 6 nitrogen and oxygen atoms in total. The molecule has 178 valence electrons. The van der Waals surface area contributed by atoms with Crippen LogP contribution in [0.25, 0.3) is 0 Å². The molecule has 2 saturated heterocycles. The molecule has 3 aliphatic rings. The summed E-state index contributed by atoms with van der Waals surface area (Å²) in [6.07, 6.45) is 2.55. The summed E-state index contributed by atoms with van der Waals surface area (Å²) in [5, 5.41) is 0.518. The lowest BCUT2D eigenvalue weighted by molar-refractivity contribution is -0.139. The van der Waals surface area contributed by atoms with Crippen LogP contribution in [-0.4, -0.2) is 47.7 Å². The van der Waals surface area contributed by atoms with Crippen molar-refractivity contribution in [3.05, 3.63) is 58.1 Å². The van der Waals surface area contributed by atoms with E-state index in [4.69, 9.17) is 16.3 Å². The number of hydrogen-bond donors (Lipinski definition) is 0. The summed E-state index contributed by atoms with van der Waals surface area (Å²) in [6, 6.07) is 11.2. The van der Waals surface area contributed by atoms with Gasteiger partial charge >= 0.3 is 0 Å². The molecule has 5 rings (SSSR count). The molecule has 0 aliphatic carbocycles. The summed E-state index contributed by atoms with van der Waals surface area (Å²) >= 11 is 6.04. The number of rotatable bonds is 3. The number of para-hydroxylation sites is 1. The van der Waals surface area contributed by atoms with Crippen LogP contribution in [0.2, 0.25) is 5.02 Å². The third-order valence-electron chi connectivity index (χ3n) is 7.48. The number of benzene rings is 2. The van der Waals surface area contributed by atoms with Crippen LogP contribution in [0.3, 0.4) is 0 Å². The van der Waals surface area contributed by atoms with E-state index in [0.29, 0.717) is 55.2 Å². The molecule has 1 atom stereocenters. The molecule has 3 aliphatic heterocycles. The van der Waals surface area contributed by atoms with Gasteiger partial charge in [-0.15, -0.1) is 0 Å². The molecule has 2 aromatic rings. The minimum Gasteiger partial charge on any atom is -0.486 e. The van der Waals surface area contributed by atoms with Crippen molar-refractivity contribution in [3.63, 3.8) is 0 Å². The van der Waals surface area contributed by atoms with E-state index in [-0.39, 0.29) is 29.9 Å². The molecule has 0 saturated carbocycles. The first-order valence-electron chi connectivity index (χ1n) is 12.0. The van der Waals surface area contributed by atoms with Crippen molar-refractivity contribution in [2.24, 2.45) is 5.92 Å². The molecule has 1 spiro atoms. The Morgan fingerprint density at radius 2 is 1.94 bits per heavy atom. The van der Waals surface area contributed by atoms with E-state index in [9.17, 15) is 14.4 Å². The number of halogens is 1. The van der Waals surface area contributed by atoms with Gasteiger partial charge in [-0.25, -0.2) is 0 Å². The van der Waals surface area contributed by atoms with Crippen molar-refractivity contribution in [1.82, 2.24) is 4.90 Å². The maximum Gasteiger partial charge on any atom is 0.228 e. The van der Waals surface area contributed by atoms with Gasteiger partial charge in [0.25, 0.3) is 0 Å². The second-order valence-corrected chi connectivity index (χ2v) is 10.1. The van der Waals surface area contributed by atoms with Crippen LogP contribution in [0.15, 0.2) is 36.4 Å². The number of nitrogens with zero attached hydrogens (tertiary/aromatic N) is 2. The number of hydrogen-bond acceptors (Lipinski definition) is 4. The smallest absolute Gasteiger partial charge is 0.228 e. The molecule has 0 aromatic heterocycles. The molecule has 2 amide bonds. The highest BCUT2D eigenvalue weighted by molar-refractivity contribution is 6.31. The summed E-state index contributed by atoms with van der Waals surface area (Å²) in [5.41, 5.74) is 3.09. The zero-order valence-corrected chi connectivity index (χ0v) is 20.4. The SMILES string of the molecule is CCc1cccc(C)c1N1CC(C(=O)N2CCC3(CC2)CC(=O)c2cc(Cl)ccc2O3)CC1=O. The van der Waals surface area contributed by atoms with Crippen LogP contribution >= 0.6 is 11.6 Å². The Morgan fingerprint density at radius 3 is 2.68 bits per heavy atom. The maximum atomic E-state index is 13.4. The van der Waals surface area contributed by atoms with E-state index in [1.165, 1.54) is 0 Å². The van der Waals surface area contributed by atoms with Gasteiger partial charge in [-0.05, 0) is 42.7 Å². The highest BCUT2D eigenvalue weighted by Crippen LogP contribution is 2.41. The number of fused-ring (bicyclic) bond motifs is 1. The second kappa shape index (κ2) is 8.73. The number of amides is 2. The standard InChI is InChI=1S/C27H29ClN2O4/c1-3-18-6-4-5-17(2)25(18)30-16-19(13-24(30)32)26(33)29-11-9-27(10-12-29)15-22(31)21-14-20(28)7-8-23(21)34-27/h4-8,14,19H,3,9-13,15-16H2,1-2H3. The lowest BCUT2D eigenvalue weighted by atomic mass is 9.82. The first-order chi connectivity index (χ1) is 16.3. The number of carbonyl (C=O) groups is 3. The second-order valence-electron chi connectivity index (χ2n) is 9.69. The lowest BCUT2D eigenvalue weighted by Gasteiger charge is -2.44. The molecule has 2 aromatic carbocycles. The van der Waals surface area contributed by atoms with E-state index in [2.05, 4.69) is 6.92 Å². The number of ketones is 1. The number of likely N-dealkylation sites (tertiary alicyclic amines) is 1. The summed E-state index contributed by atoms with van der Waals surface area (Å²) in [7, 11) is 0. The molecule has 7 heteroatoms. The molecule has 3 heterocycles. The van der Waals surface area contributed by atoms with Crippen LogP contribution in [0, 0.1) is 12.8 Å². The fourth-order valence-corrected chi connectivity index (χ4v) is 5.79. The van der Waals surface area contributed by atoms with Crippen LogP contribution in [0.1, 0.15) is 54.1 Å². The fraction of sp³-hybridized carbons (Fsp3) is 0.444. The van der Waals surface area contributed by atoms with Crippen LogP contribution < -0.4 is 9.64 Å². The molecule has 0 N–H and O–H groups in total. The van der Waals surface area contributed by atoms with E-state index < -0.39 is 5.60 Å².